The third-order valence-corrected chi connectivity index (χ3v) is 2.33. The number of nitrogens with two attached hydrogens (primary N) is 2. The zero-order valence-electron chi connectivity index (χ0n) is 6.84. The molecular formula is C8H11BrClFN2. The fraction of sp³-hybridized carbons (Fsp3) is 0.250. The fourth-order valence-corrected chi connectivity index (χ4v) is 1.47. The van der Waals surface area contributed by atoms with Gasteiger partial charge in [-0.2, -0.15) is 0 Å². The van der Waals surface area contributed by atoms with Gasteiger partial charge < -0.3 is 11.5 Å². The minimum absolute atomic E-state index is 0. The molecule has 0 unspecified atom stereocenters. The molecule has 0 amide bonds. The van der Waals surface area contributed by atoms with Crippen molar-refractivity contribution in [2.45, 2.75) is 6.04 Å². The van der Waals surface area contributed by atoms with Crippen LogP contribution in [0.1, 0.15) is 11.6 Å². The van der Waals surface area contributed by atoms with Crippen LogP contribution < -0.4 is 11.5 Å². The molecule has 0 bridgehead atoms. The SMILES string of the molecule is Cl.NC[C@H](N)c1cc(F)ccc1Br. The Kier molecular flexibility index (Phi) is 5.48. The third kappa shape index (κ3) is 3.23. The van der Waals surface area contributed by atoms with Crippen LogP contribution in [0.2, 0.25) is 0 Å². The van der Waals surface area contributed by atoms with E-state index in [9.17, 15) is 4.39 Å². The monoisotopic (exact) mass is 268 g/mol. The van der Waals surface area contributed by atoms with E-state index in [1.807, 2.05) is 0 Å². The van der Waals surface area contributed by atoms with Crippen molar-refractivity contribution in [3.8, 4) is 0 Å². The van der Waals surface area contributed by atoms with Gasteiger partial charge in [-0.25, -0.2) is 4.39 Å². The number of benzene rings is 1. The second-order valence-electron chi connectivity index (χ2n) is 2.51. The molecule has 0 saturated heterocycles. The van der Waals surface area contributed by atoms with Crippen molar-refractivity contribution in [3.63, 3.8) is 0 Å². The zero-order valence-corrected chi connectivity index (χ0v) is 9.24. The lowest BCUT2D eigenvalue weighted by molar-refractivity contribution is 0.619. The molecule has 0 radical (unpaired) electrons. The Morgan fingerprint density at radius 1 is 1.46 bits per heavy atom. The van der Waals surface area contributed by atoms with Crippen LogP contribution in [0.25, 0.3) is 0 Å². The first-order valence-corrected chi connectivity index (χ1v) is 4.35. The van der Waals surface area contributed by atoms with Crippen molar-refractivity contribution in [2.75, 3.05) is 6.54 Å². The average Bonchev–Trinajstić information content (AvgIpc) is 2.08. The van der Waals surface area contributed by atoms with Crippen LogP contribution in [0, 0.1) is 5.82 Å². The molecule has 4 N–H and O–H groups in total. The highest BCUT2D eigenvalue weighted by Crippen LogP contribution is 2.22. The van der Waals surface area contributed by atoms with E-state index in [0.717, 1.165) is 4.47 Å². The summed E-state index contributed by atoms with van der Waals surface area (Å²) in [6.45, 7) is 0.308. The predicted molar refractivity (Wildman–Crippen MR) is 57.3 cm³/mol. The number of hydrogen-bond donors (Lipinski definition) is 2. The summed E-state index contributed by atoms with van der Waals surface area (Å²) in [6, 6.07) is 4.08. The summed E-state index contributed by atoms with van der Waals surface area (Å²) in [5.41, 5.74) is 11.7. The number of halogens is 3. The molecule has 0 aromatic heterocycles. The Morgan fingerprint density at radius 2 is 2.08 bits per heavy atom. The highest BCUT2D eigenvalue weighted by atomic mass is 79.9. The van der Waals surface area contributed by atoms with Crippen molar-refractivity contribution in [1.29, 1.82) is 0 Å². The molecule has 5 heteroatoms. The lowest BCUT2D eigenvalue weighted by Gasteiger charge is -2.10. The van der Waals surface area contributed by atoms with Crippen molar-refractivity contribution >= 4 is 28.3 Å². The molecule has 0 spiro atoms. The van der Waals surface area contributed by atoms with E-state index in [2.05, 4.69) is 15.9 Å². The second kappa shape index (κ2) is 5.54. The van der Waals surface area contributed by atoms with Gasteiger partial charge in [-0.15, -0.1) is 12.4 Å². The first kappa shape index (κ1) is 12.8. The van der Waals surface area contributed by atoms with Gasteiger partial charge >= 0.3 is 0 Å². The van der Waals surface area contributed by atoms with Gasteiger partial charge in [-0.3, -0.25) is 0 Å². The van der Waals surface area contributed by atoms with Crippen LogP contribution in [0.5, 0.6) is 0 Å². The summed E-state index contributed by atoms with van der Waals surface area (Å²) in [6.07, 6.45) is 0. The topological polar surface area (TPSA) is 52.0 Å². The van der Waals surface area contributed by atoms with E-state index in [1.54, 1.807) is 6.07 Å². The van der Waals surface area contributed by atoms with Crippen molar-refractivity contribution in [3.05, 3.63) is 34.1 Å². The lowest BCUT2D eigenvalue weighted by atomic mass is 10.1. The molecule has 0 aliphatic rings. The Morgan fingerprint density at radius 3 is 2.62 bits per heavy atom. The summed E-state index contributed by atoms with van der Waals surface area (Å²) >= 11 is 3.27. The third-order valence-electron chi connectivity index (χ3n) is 1.61. The van der Waals surface area contributed by atoms with Gasteiger partial charge in [0.25, 0.3) is 0 Å². The van der Waals surface area contributed by atoms with Crippen LogP contribution in [-0.2, 0) is 0 Å². The van der Waals surface area contributed by atoms with E-state index >= 15 is 0 Å². The van der Waals surface area contributed by atoms with Gasteiger partial charge in [0.05, 0.1) is 0 Å². The normalized spacial score (nSPS) is 12.0. The van der Waals surface area contributed by atoms with Crippen LogP contribution >= 0.6 is 28.3 Å². The minimum atomic E-state index is -0.310. The van der Waals surface area contributed by atoms with Gasteiger partial charge in [0, 0.05) is 17.1 Å². The predicted octanol–water partition coefficient (Wildman–Crippen LogP) is 1.97. The molecule has 1 atom stereocenters. The first-order valence-electron chi connectivity index (χ1n) is 3.55. The Balaban J connectivity index is 0.00000144. The van der Waals surface area contributed by atoms with Gasteiger partial charge in [0.15, 0.2) is 0 Å². The minimum Gasteiger partial charge on any atom is -0.329 e. The quantitative estimate of drug-likeness (QED) is 0.862. The zero-order chi connectivity index (χ0) is 9.14. The summed E-state index contributed by atoms with van der Waals surface area (Å²) in [5, 5.41) is 0. The maximum Gasteiger partial charge on any atom is 0.123 e. The van der Waals surface area contributed by atoms with Crippen LogP contribution in [0.4, 0.5) is 4.39 Å². The molecule has 0 aliphatic heterocycles. The molecule has 13 heavy (non-hydrogen) atoms. The summed E-state index contributed by atoms with van der Waals surface area (Å²) < 4.78 is 13.5. The average molecular weight is 270 g/mol. The van der Waals surface area contributed by atoms with E-state index in [1.165, 1.54) is 12.1 Å². The molecule has 1 aromatic carbocycles. The molecule has 0 fully saturated rings. The van der Waals surface area contributed by atoms with Crippen molar-refractivity contribution in [2.24, 2.45) is 11.5 Å². The maximum absolute atomic E-state index is 12.7. The van der Waals surface area contributed by atoms with Gasteiger partial charge in [-0.1, -0.05) is 15.9 Å². The van der Waals surface area contributed by atoms with Crippen molar-refractivity contribution in [1.82, 2.24) is 0 Å². The summed E-state index contributed by atoms with van der Waals surface area (Å²) in [4.78, 5) is 0. The van der Waals surface area contributed by atoms with E-state index in [4.69, 9.17) is 11.5 Å². The van der Waals surface area contributed by atoms with Crippen LogP contribution in [-0.4, -0.2) is 6.54 Å². The van der Waals surface area contributed by atoms with Crippen LogP contribution in [0.15, 0.2) is 22.7 Å². The Labute approximate surface area is 91.0 Å². The van der Waals surface area contributed by atoms with E-state index in [-0.39, 0.29) is 24.3 Å². The lowest BCUT2D eigenvalue weighted by Crippen LogP contribution is -2.21. The highest BCUT2D eigenvalue weighted by Gasteiger charge is 2.08. The Hall–Kier alpha value is -0.160. The molecule has 1 aromatic rings. The van der Waals surface area contributed by atoms with E-state index in [0.29, 0.717) is 12.1 Å². The molecule has 2 nitrogen and oxygen atoms in total. The molecule has 0 heterocycles. The van der Waals surface area contributed by atoms with E-state index < -0.39 is 0 Å². The highest BCUT2D eigenvalue weighted by molar-refractivity contribution is 9.10. The Bertz CT molecular complexity index is 283. The molecule has 0 saturated carbocycles. The van der Waals surface area contributed by atoms with Gasteiger partial charge in [-0.05, 0) is 23.8 Å². The molecule has 1 rings (SSSR count). The largest absolute Gasteiger partial charge is 0.329 e. The number of rotatable bonds is 2. The summed E-state index contributed by atoms with van der Waals surface area (Å²) in [7, 11) is 0. The molecule has 0 aliphatic carbocycles. The summed E-state index contributed by atoms with van der Waals surface area (Å²) in [5.74, 6) is -0.294. The number of hydrogen-bond acceptors (Lipinski definition) is 2. The second-order valence-corrected chi connectivity index (χ2v) is 3.36. The van der Waals surface area contributed by atoms with Gasteiger partial charge in [0.1, 0.15) is 5.82 Å². The van der Waals surface area contributed by atoms with Crippen molar-refractivity contribution < 1.29 is 4.39 Å². The standard InChI is InChI=1S/C8H10BrFN2.ClH/c9-7-2-1-5(10)3-6(7)8(12)4-11;/h1-3,8H,4,11-12H2;1H/t8-;/m0./s1. The smallest absolute Gasteiger partial charge is 0.123 e. The first-order chi connectivity index (χ1) is 5.65. The fourth-order valence-electron chi connectivity index (χ4n) is 0.926. The molecule has 74 valence electrons. The van der Waals surface area contributed by atoms with Crippen LogP contribution in [0.3, 0.4) is 0 Å². The maximum atomic E-state index is 12.7. The molecular weight excluding hydrogens is 258 g/mol. The van der Waals surface area contributed by atoms with Gasteiger partial charge in [0.2, 0.25) is 0 Å².